The van der Waals surface area contributed by atoms with Crippen molar-refractivity contribution in [3.63, 3.8) is 0 Å². The lowest BCUT2D eigenvalue weighted by molar-refractivity contribution is -0.161. The van der Waals surface area contributed by atoms with Crippen molar-refractivity contribution in [2.75, 3.05) is 39.6 Å². The van der Waals surface area contributed by atoms with E-state index < -0.39 is 97.5 Å². The van der Waals surface area contributed by atoms with Crippen molar-refractivity contribution >= 4 is 39.5 Å². The molecule has 0 heterocycles. The molecule has 0 spiro atoms. The highest BCUT2D eigenvalue weighted by Gasteiger charge is 2.30. The van der Waals surface area contributed by atoms with Crippen LogP contribution in [0.25, 0.3) is 0 Å². The van der Waals surface area contributed by atoms with E-state index >= 15 is 0 Å². The lowest BCUT2D eigenvalue weighted by Gasteiger charge is -2.21. The number of hydrogen-bond acceptors (Lipinski definition) is 15. The Morgan fingerprint density at radius 1 is 0.233 bits per heavy atom. The monoisotopic (exact) mass is 1510 g/mol. The molecule has 19 heteroatoms. The van der Waals surface area contributed by atoms with Crippen LogP contribution >= 0.6 is 15.6 Å². The van der Waals surface area contributed by atoms with E-state index in [1.807, 2.05) is 0 Å². The summed E-state index contributed by atoms with van der Waals surface area (Å²) in [7, 11) is -9.92. The third kappa shape index (κ3) is 78.0. The Bertz CT molecular complexity index is 1950. The summed E-state index contributed by atoms with van der Waals surface area (Å²) in [6, 6.07) is 0. The van der Waals surface area contributed by atoms with Gasteiger partial charge in [0.05, 0.1) is 26.4 Å². The van der Waals surface area contributed by atoms with E-state index in [1.54, 1.807) is 0 Å². The first-order chi connectivity index (χ1) is 50.2. The number of unbranched alkanes of at least 4 members (excludes halogenated alkanes) is 59. The number of aliphatic hydroxyl groups is 1. The molecule has 0 aliphatic heterocycles. The molecule has 2 unspecified atom stereocenters. The Labute approximate surface area is 632 Å². The number of phosphoric acid groups is 2. The van der Waals surface area contributed by atoms with Gasteiger partial charge in [0.25, 0.3) is 0 Å². The summed E-state index contributed by atoms with van der Waals surface area (Å²) in [5.41, 5.74) is 0. The minimum absolute atomic E-state index is 0.109. The van der Waals surface area contributed by atoms with Gasteiger partial charge in [-0.05, 0) is 25.7 Å². The highest BCUT2D eigenvalue weighted by atomic mass is 31.2. The molecule has 0 aromatic rings. The van der Waals surface area contributed by atoms with Crippen LogP contribution in [0.4, 0.5) is 0 Å². The summed E-state index contributed by atoms with van der Waals surface area (Å²) >= 11 is 0. The molecule has 0 saturated carbocycles. The highest BCUT2D eigenvalue weighted by Crippen LogP contribution is 2.45. The molecule has 612 valence electrons. The van der Waals surface area contributed by atoms with Gasteiger partial charge < -0.3 is 33.8 Å². The molecule has 0 bridgehead atoms. The van der Waals surface area contributed by atoms with Gasteiger partial charge in [-0.25, -0.2) is 9.13 Å². The topological polar surface area (TPSA) is 237 Å². The molecule has 0 radical (unpaired) electrons. The van der Waals surface area contributed by atoms with Crippen molar-refractivity contribution in [1.82, 2.24) is 0 Å². The summed E-state index contributed by atoms with van der Waals surface area (Å²) in [6.07, 6.45) is 72.1. The molecule has 17 nitrogen and oxygen atoms in total. The van der Waals surface area contributed by atoms with Gasteiger partial charge in [-0.3, -0.25) is 37.3 Å². The number of carbonyl (C=O) groups is 4. The van der Waals surface area contributed by atoms with Gasteiger partial charge in [0, 0.05) is 25.7 Å². The summed E-state index contributed by atoms with van der Waals surface area (Å²) in [5.74, 6) is -2.10. The zero-order chi connectivity index (χ0) is 75.3. The lowest BCUT2D eigenvalue weighted by atomic mass is 10.0. The molecular formula is C84H164O17P2. The van der Waals surface area contributed by atoms with Crippen LogP contribution in [0.5, 0.6) is 0 Å². The minimum Gasteiger partial charge on any atom is -0.462 e. The average molecular weight is 1510 g/mol. The second-order valence-corrected chi connectivity index (χ2v) is 33.1. The maximum absolute atomic E-state index is 13.1. The smallest absolute Gasteiger partial charge is 0.462 e. The number of hydrogen-bond donors (Lipinski definition) is 3. The van der Waals surface area contributed by atoms with Crippen LogP contribution < -0.4 is 0 Å². The lowest BCUT2D eigenvalue weighted by Crippen LogP contribution is -2.30. The quantitative estimate of drug-likeness (QED) is 0.0222. The first kappa shape index (κ1) is 101. The van der Waals surface area contributed by atoms with E-state index in [0.29, 0.717) is 25.7 Å². The predicted octanol–water partition coefficient (Wildman–Crippen LogP) is 25.7. The van der Waals surface area contributed by atoms with E-state index in [2.05, 4.69) is 27.7 Å². The fourth-order valence-electron chi connectivity index (χ4n) is 13.2. The fraction of sp³-hybridized carbons (Fsp3) is 0.952. The van der Waals surface area contributed by atoms with Crippen LogP contribution in [-0.4, -0.2) is 96.7 Å². The van der Waals surface area contributed by atoms with Gasteiger partial charge in [0.1, 0.15) is 19.3 Å². The van der Waals surface area contributed by atoms with E-state index in [-0.39, 0.29) is 25.7 Å². The number of aliphatic hydroxyl groups excluding tert-OH is 1. The van der Waals surface area contributed by atoms with Crippen molar-refractivity contribution in [2.24, 2.45) is 0 Å². The Kier molecular flexibility index (Phi) is 76.7. The Hall–Kier alpha value is -1.94. The van der Waals surface area contributed by atoms with Crippen molar-refractivity contribution in [3.8, 4) is 0 Å². The van der Waals surface area contributed by atoms with E-state index in [4.69, 9.17) is 37.0 Å². The molecular weight excluding hydrogens is 1340 g/mol. The van der Waals surface area contributed by atoms with Crippen LogP contribution in [-0.2, 0) is 65.4 Å². The standard InChI is InChI=1S/C84H164O17P2/c1-5-9-13-17-21-25-29-32-35-38-39-40-42-45-48-51-55-59-63-67-71-84(89)101-80(75-95-82(87)69-65-61-57-53-49-46-44-41-36-33-30-26-22-18-14-10-6-2)77-99-103(92,93)97-73-78(85)72-96-102(90,91)98-76-79(74-94-81(86)68-64-60-56-52-28-24-20-16-12-8-4)100-83(88)70-66-62-58-54-50-47-43-37-34-31-27-23-19-15-11-7-3/h78-80,85H,5-77H2,1-4H3,(H,90,91)(H,92,93)/t78-,79+,80+/m0/s1. The second-order valence-electron chi connectivity index (χ2n) is 30.2. The zero-order valence-corrected chi connectivity index (χ0v) is 69.1. The fourth-order valence-corrected chi connectivity index (χ4v) is 14.7. The SMILES string of the molecule is CCCCCCCCCCCCCCCCCCCCCCC(=O)O[C@H](COC(=O)CCCCCCCCCCCCCCCCCCC)COP(=O)(O)OC[C@@H](O)COP(=O)(O)OC[C@@H](COC(=O)CCCCCCCCCCCC)OC(=O)CCCCCCCCCCCCCCCCCC. The third-order valence-corrected chi connectivity index (χ3v) is 21.8. The predicted molar refractivity (Wildman–Crippen MR) is 423 cm³/mol. The summed E-state index contributed by atoms with van der Waals surface area (Å²) in [5, 5.41) is 10.7. The maximum Gasteiger partial charge on any atom is 0.472 e. The molecule has 0 aromatic heterocycles. The van der Waals surface area contributed by atoms with Gasteiger partial charge in [-0.1, -0.05) is 407 Å². The van der Waals surface area contributed by atoms with Crippen molar-refractivity contribution in [2.45, 2.75) is 476 Å². The van der Waals surface area contributed by atoms with Crippen molar-refractivity contribution < 1.29 is 80.2 Å². The minimum atomic E-state index is -4.96. The Morgan fingerprint density at radius 2 is 0.388 bits per heavy atom. The van der Waals surface area contributed by atoms with Gasteiger partial charge in [-0.2, -0.15) is 0 Å². The van der Waals surface area contributed by atoms with Gasteiger partial charge in [0.15, 0.2) is 12.2 Å². The molecule has 0 amide bonds. The summed E-state index contributed by atoms with van der Waals surface area (Å²) in [6.45, 7) is 5.04. The Balaban J connectivity index is 5.22. The largest absolute Gasteiger partial charge is 0.472 e. The average Bonchev–Trinajstić information content (AvgIpc) is 0.968. The van der Waals surface area contributed by atoms with Crippen LogP contribution in [0.1, 0.15) is 458 Å². The number of rotatable bonds is 85. The molecule has 0 aromatic carbocycles. The van der Waals surface area contributed by atoms with Gasteiger partial charge in [-0.15, -0.1) is 0 Å². The maximum atomic E-state index is 13.1. The number of phosphoric ester groups is 2. The number of esters is 4. The second kappa shape index (κ2) is 78.2. The first-order valence-electron chi connectivity index (χ1n) is 43.8. The summed E-state index contributed by atoms with van der Waals surface area (Å²) < 4.78 is 68.8. The number of carbonyl (C=O) groups excluding carboxylic acids is 4. The van der Waals surface area contributed by atoms with Crippen molar-refractivity contribution in [1.29, 1.82) is 0 Å². The molecule has 103 heavy (non-hydrogen) atoms. The van der Waals surface area contributed by atoms with Crippen LogP contribution in [0.2, 0.25) is 0 Å². The van der Waals surface area contributed by atoms with Gasteiger partial charge >= 0.3 is 39.5 Å². The first-order valence-corrected chi connectivity index (χ1v) is 46.8. The Morgan fingerprint density at radius 3 is 0.573 bits per heavy atom. The zero-order valence-electron chi connectivity index (χ0n) is 67.3. The van der Waals surface area contributed by atoms with E-state index in [0.717, 1.165) is 89.9 Å². The van der Waals surface area contributed by atoms with E-state index in [9.17, 15) is 43.2 Å². The molecule has 0 aliphatic carbocycles. The molecule has 0 saturated heterocycles. The van der Waals surface area contributed by atoms with Crippen molar-refractivity contribution in [3.05, 3.63) is 0 Å². The van der Waals surface area contributed by atoms with Crippen LogP contribution in [0.3, 0.4) is 0 Å². The van der Waals surface area contributed by atoms with E-state index in [1.165, 1.54) is 289 Å². The summed E-state index contributed by atoms with van der Waals surface area (Å²) in [4.78, 5) is 73.1. The third-order valence-electron chi connectivity index (χ3n) is 19.9. The molecule has 0 rings (SSSR count). The van der Waals surface area contributed by atoms with Crippen LogP contribution in [0.15, 0.2) is 0 Å². The molecule has 3 N–H and O–H groups in total. The molecule has 0 fully saturated rings. The highest BCUT2D eigenvalue weighted by molar-refractivity contribution is 7.47. The van der Waals surface area contributed by atoms with Crippen LogP contribution in [0, 0.1) is 0 Å². The number of ether oxygens (including phenoxy) is 4. The normalized spacial score (nSPS) is 13.7. The molecule has 0 aliphatic rings. The van der Waals surface area contributed by atoms with Gasteiger partial charge in [0.2, 0.25) is 0 Å². The molecule has 5 atom stereocenters.